The highest BCUT2D eigenvalue weighted by molar-refractivity contribution is 6.30. The van der Waals surface area contributed by atoms with Gasteiger partial charge in [-0.3, -0.25) is 14.9 Å². The predicted octanol–water partition coefficient (Wildman–Crippen LogP) is 4.50. The number of benzene rings is 3. The van der Waals surface area contributed by atoms with E-state index in [1.54, 1.807) is 24.3 Å². The third-order valence-corrected chi connectivity index (χ3v) is 6.72. The van der Waals surface area contributed by atoms with E-state index in [2.05, 4.69) is 41.1 Å². The number of anilines is 1. The standard InChI is InChI=1S/C30H24ClFN8O4/c1-44-30(43)35-24-10-7-19(15-23(24)32)22-16-26(36-37-29(22)42)25(13-18-5-3-2-4-6-18)34-28(41)12-8-20-14-21(31)9-11-27(20)40-17-33-38-39-40/h2-12,14-17,25H,13H2,1H3,(H,34,41)(H,35,43)(H,37,42)/t25-/m0/s1. The number of H-pyrrole nitrogens is 1. The maximum Gasteiger partial charge on any atom is 0.411 e. The summed E-state index contributed by atoms with van der Waals surface area (Å²) >= 11 is 6.19. The molecular formula is C30H24ClFN8O4. The van der Waals surface area contributed by atoms with Crippen LogP contribution in [0.4, 0.5) is 14.9 Å². The van der Waals surface area contributed by atoms with Crippen LogP contribution >= 0.6 is 11.6 Å². The maximum absolute atomic E-state index is 14.8. The summed E-state index contributed by atoms with van der Waals surface area (Å²) in [5, 5.41) is 23.5. The summed E-state index contributed by atoms with van der Waals surface area (Å²) in [5.41, 5.74) is 2.11. The fourth-order valence-electron chi connectivity index (χ4n) is 4.36. The minimum absolute atomic E-state index is 0.116. The number of carbonyl (C=O) groups is 2. The average Bonchev–Trinajstić information content (AvgIpc) is 3.56. The number of carbonyl (C=O) groups excluding carboxylic acids is 2. The molecule has 0 unspecified atom stereocenters. The van der Waals surface area contributed by atoms with Gasteiger partial charge in [-0.1, -0.05) is 48.0 Å². The van der Waals surface area contributed by atoms with Crippen molar-refractivity contribution in [3.63, 3.8) is 0 Å². The Morgan fingerprint density at radius 3 is 2.66 bits per heavy atom. The molecule has 2 amide bonds. The molecule has 5 rings (SSSR count). The lowest BCUT2D eigenvalue weighted by Crippen LogP contribution is -2.30. The van der Waals surface area contributed by atoms with Crippen molar-refractivity contribution < 1.29 is 18.7 Å². The second-order valence-corrected chi connectivity index (χ2v) is 9.83. The molecule has 0 saturated heterocycles. The van der Waals surface area contributed by atoms with E-state index in [-0.39, 0.29) is 16.8 Å². The van der Waals surface area contributed by atoms with Crippen molar-refractivity contribution in [2.45, 2.75) is 12.5 Å². The molecule has 0 spiro atoms. The molecule has 0 aliphatic carbocycles. The van der Waals surface area contributed by atoms with Crippen LogP contribution < -0.4 is 16.2 Å². The summed E-state index contributed by atoms with van der Waals surface area (Å²) in [6, 6.07) is 19.2. The Morgan fingerprint density at radius 1 is 1.11 bits per heavy atom. The number of aromatic nitrogens is 6. The second kappa shape index (κ2) is 13.5. The van der Waals surface area contributed by atoms with Crippen LogP contribution in [-0.4, -0.2) is 49.5 Å². The number of hydrogen-bond acceptors (Lipinski definition) is 8. The summed E-state index contributed by atoms with van der Waals surface area (Å²) in [7, 11) is 1.16. The molecule has 0 saturated carbocycles. The van der Waals surface area contributed by atoms with Gasteiger partial charge >= 0.3 is 6.09 Å². The number of ether oxygens (including phenoxy) is 1. The van der Waals surface area contributed by atoms with Gasteiger partial charge in [-0.15, -0.1) is 5.10 Å². The monoisotopic (exact) mass is 614 g/mol. The molecule has 0 bridgehead atoms. The fourth-order valence-corrected chi connectivity index (χ4v) is 4.54. The molecule has 0 fully saturated rings. The van der Waals surface area contributed by atoms with E-state index in [1.807, 2.05) is 30.3 Å². The van der Waals surface area contributed by atoms with Gasteiger partial charge in [0.1, 0.15) is 12.1 Å². The number of nitrogens with one attached hydrogen (secondary N) is 3. The highest BCUT2D eigenvalue weighted by Crippen LogP contribution is 2.25. The Morgan fingerprint density at radius 2 is 1.93 bits per heavy atom. The van der Waals surface area contributed by atoms with Crippen LogP contribution in [-0.2, 0) is 16.0 Å². The number of tetrazole rings is 1. The van der Waals surface area contributed by atoms with Gasteiger partial charge in [-0.05, 0) is 70.4 Å². The van der Waals surface area contributed by atoms with Crippen molar-refractivity contribution in [2.75, 3.05) is 12.4 Å². The van der Waals surface area contributed by atoms with E-state index >= 15 is 0 Å². The van der Waals surface area contributed by atoms with E-state index in [4.69, 9.17) is 11.6 Å². The second-order valence-electron chi connectivity index (χ2n) is 9.39. The van der Waals surface area contributed by atoms with Gasteiger partial charge in [0.2, 0.25) is 5.91 Å². The maximum atomic E-state index is 14.8. The summed E-state index contributed by atoms with van der Waals surface area (Å²) < 4.78 is 20.7. The van der Waals surface area contributed by atoms with Crippen LogP contribution in [0.3, 0.4) is 0 Å². The predicted molar refractivity (Wildman–Crippen MR) is 161 cm³/mol. The highest BCUT2D eigenvalue weighted by Gasteiger charge is 2.19. The van der Waals surface area contributed by atoms with Crippen LogP contribution in [0.5, 0.6) is 0 Å². The van der Waals surface area contributed by atoms with Crippen molar-refractivity contribution >= 4 is 35.4 Å². The minimum Gasteiger partial charge on any atom is -0.453 e. The first-order valence-electron chi connectivity index (χ1n) is 13.1. The van der Waals surface area contributed by atoms with Gasteiger partial charge in [0, 0.05) is 16.7 Å². The number of nitrogens with zero attached hydrogens (tertiary/aromatic N) is 5. The van der Waals surface area contributed by atoms with Gasteiger partial charge in [0.05, 0.1) is 35.8 Å². The van der Waals surface area contributed by atoms with Crippen molar-refractivity contribution in [3.05, 3.63) is 123 Å². The van der Waals surface area contributed by atoms with Crippen LogP contribution in [0.25, 0.3) is 22.9 Å². The molecular weight excluding hydrogens is 591 g/mol. The van der Waals surface area contributed by atoms with Crippen LogP contribution in [0.2, 0.25) is 5.02 Å². The van der Waals surface area contributed by atoms with E-state index in [0.717, 1.165) is 18.7 Å². The largest absolute Gasteiger partial charge is 0.453 e. The summed E-state index contributed by atoms with van der Waals surface area (Å²) in [6.07, 6.45) is 3.84. The first kappa shape index (κ1) is 29.8. The SMILES string of the molecule is COC(=O)Nc1ccc(-c2cc([C@H](Cc3ccccc3)NC(=O)C=Cc3cc(Cl)ccc3-n3cnnn3)n[nH]c2=O)cc1F. The molecule has 2 heterocycles. The molecule has 3 aromatic carbocycles. The Bertz CT molecular complexity index is 1880. The number of hydrogen-bond donors (Lipinski definition) is 3. The number of methoxy groups -OCH3 is 1. The van der Waals surface area contributed by atoms with Crippen molar-refractivity contribution in [3.8, 4) is 16.8 Å². The van der Waals surface area contributed by atoms with E-state index in [0.29, 0.717) is 28.4 Å². The molecule has 0 aliphatic rings. The van der Waals surface area contributed by atoms with Crippen LogP contribution in [0, 0.1) is 5.82 Å². The fraction of sp³-hybridized carbons (Fsp3) is 0.100. The Kier molecular flexibility index (Phi) is 9.16. The van der Waals surface area contributed by atoms with Gasteiger partial charge in [-0.2, -0.15) is 9.78 Å². The minimum atomic E-state index is -0.837. The highest BCUT2D eigenvalue weighted by atomic mass is 35.5. The van der Waals surface area contributed by atoms with E-state index in [1.165, 1.54) is 35.3 Å². The zero-order chi connectivity index (χ0) is 31.1. The normalized spacial score (nSPS) is 11.7. The summed E-state index contributed by atoms with van der Waals surface area (Å²) in [4.78, 5) is 37.5. The molecule has 44 heavy (non-hydrogen) atoms. The first-order valence-corrected chi connectivity index (χ1v) is 13.5. The summed E-state index contributed by atoms with van der Waals surface area (Å²) in [6.45, 7) is 0. The van der Waals surface area contributed by atoms with Gasteiger partial charge in [0.15, 0.2) is 0 Å². The van der Waals surface area contributed by atoms with Gasteiger partial charge in [0.25, 0.3) is 5.56 Å². The third kappa shape index (κ3) is 7.20. The molecule has 5 aromatic rings. The lowest BCUT2D eigenvalue weighted by molar-refractivity contribution is -0.117. The molecule has 2 aromatic heterocycles. The Hall–Kier alpha value is -5.69. The third-order valence-electron chi connectivity index (χ3n) is 6.48. The molecule has 0 radical (unpaired) electrons. The Labute approximate surface area is 254 Å². The van der Waals surface area contributed by atoms with E-state index < -0.39 is 29.4 Å². The van der Waals surface area contributed by atoms with Gasteiger partial charge < -0.3 is 10.1 Å². The van der Waals surface area contributed by atoms with E-state index in [9.17, 15) is 18.8 Å². The Balaban J connectivity index is 1.44. The molecule has 222 valence electrons. The van der Waals surface area contributed by atoms with Crippen LogP contribution in [0.15, 0.2) is 90.0 Å². The van der Waals surface area contributed by atoms with Crippen LogP contribution in [0.1, 0.15) is 22.9 Å². The zero-order valence-corrected chi connectivity index (χ0v) is 23.8. The first-order chi connectivity index (χ1) is 21.3. The molecule has 3 N–H and O–H groups in total. The van der Waals surface area contributed by atoms with Gasteiger partial charge in [-0.25, -0.2) is 14.3 Å². The smallest absolute Gasteiger partial charge is 0.411 e. The topological polar surface area (TPSA) is 157 Å². The zero-order valence-electron chi connectivity index (χ0n) is 23.1. The number of aromatic amines is 1. The molecule has 0 aliphatic heterocycles. The molecule has 12 nitrogen and oxygen atoms in total. The van der Waals surface area contributed by atoms with Crippen molar-refractivity contribution in [2.24, 2.45) is 0 Å². The number of halogens is 2. The molecule has 1 atom stereocenters. The van der Waals surface area contributed by atoms with Crippen molar-refractivity contribution in [1.82, 2.24) is 35.7 Å². The quantitative estimate of drug-likeness (QED) is 0.205. The lowest BCUT2D eigenvalue weighted by Gasteiger charge is -2.18. The summed E-state index contributed by atoms with van der Waals surface area (Å²) in [5.74, 6) is -1.22. The van der Waals surface area contributed by atoms with Crippen molar-refractivity contribution in [1.29, 1.82) is 0 Å². The number of amides is 2. The number of rotatable bonds is 9. The lowest BCUT2D eigenvalue weighted by atomic mass is 10.00. The molecule has 14 heteroatoms. The average molecular weight is 615 g/mol.